The van der Waals surface area contributed by atoms with Crippen LogP contribution in [0.15, 0.2) is 4.99 Å². The number of aliphatic carboxylic acids is 1. The van der Waals surface area contributed by atoms with Crippen LogP contribution in [0.4, 0.5) is 0 Å². The first-order valence-corrected chi connectivity index (χ1v) is 4.80. The first-order valence-electron chi connectivity index (χ1n) is 3.72. The van der Waals surface area contributed by atoms with Crippen molar-refractivity contribution in [3.8, 4) is 0 Å². The van der Waals surface area contributed by atoms with Crippen molar-refractivity contribution >= 4 is 34.8 Å². The highest BCUT2D eigenvalue weighted by atomic mass is 127. The number of carboxylic acid groups (broad SMARTS) is 1. The summed E-state index contributed by atoms with van der Waals surface area (Å²) in [7, 11) is 0. The molecule has 0 radical (unpaired) electrons. The molecule has 0 heterocycles. The van der Waals surface area contributed by atoms with E-state index in [0.717, 1.165) is 0 Å². The van der Waals surface area contributed by atoms with E-state index in [1.54, 1.807) is 0 Å². The van der Waals surface area contributed by atoms with Crippen molar-refractivity contribution in [1.29, 1.82) is 0 Å². The number of halogens is 1. The zero-order chi connectivity index (χ0) is 10.3. The molecule has 0 aromatic heterocycles. The third kappa shape index (κ3) is 6.58. The van der Waals surface area contributed by atoms with E-state index in [9.17, 15) is 4.79 Å². The van der Waals surface area contributed by atoms with Crippen LogP contribution in [0.2, 0.25) is 0 Å². The minimum atomic E-state index is -0.862. The Morgan fingerprint density at radius 3 is 2.62 bits per heavy atom. The molecular formula is C6H13IN4O2. The highest BCUT2D eigenvalue weighted by Gasteiger charge is 2.13. The number of nitrogens with two attached hydrogens (primary N) is 2. The quantitative estimate of drug-likeness (QED) is 0.172. The lowest BCUT2D eigenvalue weighted by atomic mass is 10.2. The molecule has 0 amide bonds. The minimum Gasteiger partial charge on any atom is -0.480 e. The third-order valence-corrected chi connectivity index (χ3v) is 2.13. The van der Waals surface area contributed by atoms with Crippen LogP contribution in [-0.4, -0.2) is 29.6 Å². The van der Waals surface area contributed by atoms with Gasteiger partial charge in [0.15, 0.2) is 5.96 Å². The van der Waals surface area contributed by atoms with Crippen LogP contribution in [0.1, 0.15) is 12.8 Å². The molecule has 0 aromatic carbocycles. The Labute approximate surface area is 90.3 Å². The predicted molar refractivity (Wildman–Crippen MR) is 58.5 cm³/mol. The minimum absolute atomic E-state index is 0.0364. The average molecular weight is 300 g/mol. The van der Waals surface area contributed by atoms with Gasteiger partial charge in [-0.15, -0.1) is 0 Å². The highest BCUT2D eigenvalue weighted by molar-refractivity contribution is 14.1. The molecule has 0 saturated heterocycles. The fraction of sp³-hybridized carbons (Fsp3) is 0.667. The average Bonchev–Trinajstić information content (AvgIpc) is 2.03. The Bertz CT molecular complexity index is 193. The van der Waals surface area contributed by atoms with Gasteiger partial charge in [0.05, 0.1) is 0 Å². The SMILES string of the molecule is NC(N)=NCCCC(NI)C(=O)O. The maximum atomic E-state index is 10.5. The van der Waals surface area contributed by atoms with Crippen molar-refractivity contribution in [2.45, 2.75) is 18.9 Å². The molecule has 6 N–H and O–H groups in total. The molecule has 0 bridgehead atoms. The second-order valence-electron chi connectivity index (χ2n) is 2.45. The number of nitrogens with one attached hydrogen (secondary N) is 1. The number of carboxylic acids is 1. The summed E-state index contributed by atoms with van der Waals surface area (Å²) in [4.78, 5) is 14.2. The molecule has 13 heavy (non-hydrogen) atoms. The van der Waals surface area contributed by atoms with Crippen molar-refractivity contribution in [1.82, 2.24) is 3.53 Å². The van der Waals surface area contributed by atoms with Crippen LogP contribution >= 0.6 is 22.9 Å². The van der Waals surface area contributed by atoms with Gasteiger partial charge in [-0.05, 0) is 12.8 Å². The summed E-state index contributed by atoms with van der Waals surface area (Å²) in [5, 5.41) is 8.63. The summed E-state index contributed by atoms with van der Waals surface area (Å²) in [5.74, 6) is -0.826. The van der Waals surface area contributed by atoms with Crippen molar-refractivity contribution in [3.63, 3.8) is 0 Å². The molecule has 1 atom stereocenters. The van der Waals surface area contributed by atoms with Crippen LogP contribution in [0, 0.1) is 0 Å². The molecule has 6 nitrogen and oxygen atoms in total. The summed E-state index contributed by atoms with van der Waals surface area (Å²) >= 11 is 1.81. The second kappa shape index (κ2) is 6.89. The van der Waals surface area contributed by atoms with Crippen LogP contribution in [-0.2, 0) is 4.79 Å². The molecule has 0 spiro atoms. The van der Waals surface area contributed by atoms with Crippen molar-refractivity contribution in [3.05, 3.63) is 0 Å². The van der Waals surface area contributed by atoms with Gasteiger partial charge in [0.2, 0.25) is 0 Å². The first-order chi connectivity index (χ1) is 6.07. The fourth-order valence-corrected chi connectivity index (χ4v) is 1.31. The number of rotatable bonds is 6. The Morgan fingerprint density at radius 1 is 1.62 bits per heavy atom. The van der Waals surface area contributed by atoms with Crippen LogP contribution in [0.3, 0.4) is 0 Å². The summed E-state index contributed by atoms with van der Waals surface area (Å²) in [5.41, 5.74) is 10.2. The van der Waals surface area contributed by atoms with E-state index in [0.29, 0.717) is 19.4 Å². The van der Waals surface area contributed by atoms with E-state index in [4.69, 9.17) is 16.6 Å². The predicted octanol–water partition coefficient (Wildman–Crippen LogP) is -0.567. The van der Waals surface area contributed by atoms with Gasteiger partial charge in [-0.3, -0.25) is 9.79 Å². The van der Waals surface area contributed by atoms with Crippen molar-refractivity contribution < 1.29 is 9.90 Å². The van der Waals surface area contributed by atoms with Crippen LogP contribution in [0.5, 0.6) is 0 Å². The molecule has 76 valence electrons. The van der Waals surface area contributed by atoms with Gasteiger partial charge in [0.1, 0.15) is 6.04 Å². The number of aliphatic imine (C=N–C) groups is 1. The van der Waals surface area contributed by atoms with E-state index < -0.39 is 12.0 Å². The van der Waals surface area contributed by atoms with E-state index in [1.807, 2.05) is 22.9 Å². The van der Waals surface area contributed by atoms with E-state index in [2.05, 4.69) is 8.52 Å². The Morgan fingerprint density at radius 2 is 2.23 bits per heavy atom. The Balaban J connectivity index is 3.62. The molecule has 0 fully saturated rings. The monoisotopic (exact) mass is 300 g/mol. The lowest BCUT2D eigenvalue weighted by Gasteiger charge is -2.07. The van der Waals surface area contributed by atoms with Gasteiger partial charge >= 0.3 is 5.97 Å². The molecular weight excluding hydrogens is 287 g/mol. The highest BCUT2D eigenvalue weighted by Crippen LogP contribution is 1.99. The van der Waals surface area contributed by atoms with E-state index in [1.165, 1.54) is 0 Å². The number of carbonyl (C=O) groups is 1. The summed E-state index contributed by atoms with van der Waals surface area (Å²) in [6.45, 7) is 0.463. The van der Waals surface area contributed by atoms with Gasteiger partial charge in [-0.1, -0.05) is 0 Å². The molecule has 0 aromatic rings. The zero-order valence-electron chi connectivity index (χ0n) is 7.03. The molecule has 7 heteroatoms. The van der Waals surface area contributed by atoms with E-state index >= 15 is 0 Å². The molecule has 0 aliphatic carbocycles. The second-order valence-corrected chi connectivity index (χ2v) is 3.07. The number of guanidine groups is 1. The fourth-order valence-electron chi connectivity index (χ4n) is 0.728. The zero-order valence-corrected chi connectivity index (χ0v) is 9.19. The number of hydrogen-bond acceptors (Lipinski definition) is 3. The van der Waals surface area contributed by atoms with Gasteiger partial charge in [0, 0.05) is 29.4 Å². The van der Waals surface area contributed by atoms with Crippen molar-refractivity contribution in [2.24, 2.45) is 16.5 Å². The van der Waals surface area contributed by atoms with Gasteiger partial charge in [-0.25, -0.2) is 3.53 Å². The molecule has 0 aliphatic heterocycles. The topological polar surface area (TPSA) is 114 Å². The van der Waals surface area contributed by atoms with E-state index in [-0.39, 0.29) is 5.96 Å². The Hall–Kier alpha value is -0.570. The number of hydrogen-bond donors (Lipinski definition) is 4. The molecule has 0 aliphatic rings. The summed E-state index contributed by atoms with van der Waals surface area (Å²) in [6.07, 6.45) is 1.15. The van der Waals surface area contributed by atoms with Crippen LogP contribution in [0.25, 0.3) is 0 Å². The molecule has 1 unspecified atom stereocenters. The summed E-state index contributed by atoms with van der Waals surface area (Å²) in [6, 6.07) is -0.533. The normalized spacial score (nSPS) is 12.1. The third-order valence-electron chi connectivity index (χ3n) is 1.38. The van der Waals surface area contributed by atoms with Gasteiger partial charge < -0.3 is 16.6 Å². The Kier molecular flexibility index (Phi) is 6.59. The van der Waals surface area contributed by atoms with Gasteiger partial charge in [-0.2, -0.15) is 0 Å². The largest absolute Gasteiger partial charge is 0.480 e. The first kappa shape index (κ1) is 12.4. The molecule has 0 saturated carbocycles. The maximum Gasteiger partial charge on any atom is 0.321 e. The lowest BCUT2D eigenvalue weighted by molar-refractivity contribution is -0.138. The lowest BCUT2D eigenvalue weighted by Crippen LogP contribution is -2.30. The van der Waals surface area contributed by atoms with Crippen molar-refractivity contribution in [2.75, 3.05) is 6.54 Å². The number of nitrogens with zero attached hydrogens (tertiary/aromatic N) is 1. The maximum absolute atomic E-state index is 10.5. The van der Waals surface area contributed by atoms with Crippen LogP contribution < -0.4 is 15.0 Å². The van der Waals surface area contributed by atoms with Gasteiger partial charge in [0.25, 0.3) is 0 Å². The standard InChI is InChI=1S/C6H13IN4O2/c7-11-4(5(12)13)2-1-3-10-6(8)9/h4,11H,1-3H2,(H,12,13)(H4,8,9,10). The molecule has 0 rings (SSSR count). The summed E-state index contributed by atoms with van der Waals surface area (Å²) < 4.78 is 2.65. The smallest absolute Gasteiger partial charge is 0.321 e.